The van der Waals surface area contributed by atoms with Crippen LogP contribution in [0.3, 0.4) is 0 Å². The number of anilines is 5. The quantitative estimate of drug-likeness (QED) is 0.138. The number of thiophene rings is 1. The minimum Gasteiger partial charge on any atom is -0.392 e. The van der Waals surface area contributed by atoms with Gasteiger partial charge in [0.05, 0.1) is 34.5 Å². The smallest absolute Gasteiger partial charge is 0.274 e. The van der Waals surface area contributed by atoms with Crippen LogP contribution in [0.4, 0.5) is 28.7 Å². The average Bonchev–Trinajstić information content (AvgIpc) is 3.92. The Bertz CT molecular complexity index is 3170. The second-order valence-electron chi connectivity index (χ2n) is 21.6. The van der Waals surface area contributed by atoms with Gasteiger partial charge in [-0.15, -0.1) is 11.3 Å². The fourth-order valence-electron chi connectivity index (χ4n) is 13.4. The van der Waals surface area contributed by atoms with Crippen molar-refractivity contribution in [3.05, 3.63) is 109 Å². The number of benzene rings is 1. The Hall–Kier alpha value is -6.76. The predicted octanol–water partition coefficient (Wildman–Crippen LogP) is 6.36. The van der Waals surface area contributed by atoms with Crippen molar-refractivity contribution in [2.45, 2.75) is 115 Å². The molecule has 4 fully saturated rings. The van der Waals surface area contributed by atoms with Crippen molar-refractivity contribution in [1.82, 2.24) is 29.7 Å². The van der Waals surface area contributed by atoms with E-state index in [0.29, 0.717) is 69.2 Å². The van der Waals surface area contributed by atoms with E-state index in [0.717, 1.165) is 98.8 Å². The summed E-state index contributed by atoms with van der Waals surface area (Å²) in [5.41, 5.74) is 7.52. The van der Waals surface area contributed by atoms with Crippen LogP contribution >= 0.6 is 11.3 Å². The van der Waals surface area contributed by atoms with Crippen molar-refractivity contribution in [3.8, 4) is 11.1 Å². The Balaban J connectivity index is 0.651. The maximum absolute atomic E-state index is 14.0. The standard InChI is InChI=1S/C56H62N10O7S/c1-33-29-56(17-13-35(14-18-56)62-23-25-63(26-24-62)36-7-9-41-42(28-36)53(71)66(52(41)70)45-10-12-48(68)60-51(45)69)19-22-64(33)37-8-11-47(58-30-37)59-44-27-34(31-61(2)54(44)72)38-15-20-57-50(43(38)32-67)65-21-16-40-39-5-3-4-6-46(39)74-49(40)55(65)73/h7-9,11,15,20,27-28,30-31,33,35,45,67H,3-6,10,12-14,16-19,21-26,29,32H2,1-2H3,(H,58,59)(H,60,68,69)/t33-,35?,45?,56?/m0/s1. The van der Waals surface area contributed by atoms with Crippen molar-refractivity contribution in [3.63, 3.8) is 0 Å². The highest BCUT2D eigenvalue weighted by Gasteiger charge is 2.46. The van der Waals surface area contributed by atoms with E-state index in [9.17, 15) is 33.9 Å². The number of amides is 5. The monoisotopic (exact) mass is 1020 g/mol. The summed E-state index contributed by atoms with van der Waals surface area (Å²) in [5.74, 6) is -1.03. The molecule has 1 spiro atoms. The Morgan fingerprint density at radius 2 is 1.57 bits per heavy atom. The zero-order chi connectivity index (χ0) is 51.0. The van der Waals surface area contributed by atoms with Gasteiger partial charge in [-0.3, -0.25) is 48.8 Å². The third-order valence-electron chi connectivity index (χ3n) is 17.4. The van der Waals surface area contributed by atoms with E-state index >= 15 is 0 Å². The van der Waals surface area contributed by atoms with Gasteiger partial charge in [0.15, 0.2) is 0 Å². The number of piperazine rings is 1. The third kappa shape index (κ3) is 8.47. The zero-order valence-corrected chi connectivity index (χ0v) is 42.8. The second kappa shape index (κ2) is 19.2. The van der Waals surface area contributed by atoms with Crippen LogP contribution in [-0.2, 0) is 42.5 Å². The van der Waals surface area contributed by atoms with E-state index in [1.807, 2.05) is 24.4 Å². The number of hydrogen-bond acceptors (Lipinski definition) is 14. The fourth-order valence-corrected chi connectivity index (χ4v) is 14.8. The number of pyridine rings is 3. The molecule has 4 aromatic heterocycles. The van der Waals surface area contributed by atoms with Crippen LogP contribution in [0, 0.1) is 5.41 Å². The molecule has 74 heavy (non-hydrogen) atoms. The molecule has 9 heterocycles. The molecule has 3 N–H and O–H groups in total. The Kier molecular flexibility index (Phi) is 12.5. The number of nitrogens with zero attached hydrogens (tertiary/aromatic N) is 8. The third-order valence-corrected chi connectivity index (χ3v) is 18.7. The van der Waals surface area contributed by atoms with E-state index in [4.69, 9.17) is 4.98 Å². The molecule has 5 aromatic rings. The molecule has 2 atom stereocenters. The molecule has 0 bridgehead atoms. The number of nitrogens with one attached hydrogen (secondary N) is 2. The number of rotatable bonds is 9. The second-order valence-corrected chi connectivity index (χ2v) is 22.7. The molecular weight excluding hydrogens is 957 g/mol. The van der Waals surface area contributed by atoms with Gasteiger partial charge in [-0.25, -0.2) is 9.97 Å². The zero-order valence-electron chi connectivity index (χ0n) is 42.0. The number of hydrogen-bond donors (Lipinski definition) is 3. The first kappa shape index (κ1) is 48.2. The molecular formula is C56H62N10O7S. The first-order valence-corrected chi connectivity index (χ1v) is 27.3. The van der Waals surface area contributed by atoms with Crippen LogP contribution in [-0.4, -0.2) is 116 Å². The lowest BCUT2D eigenvalue weighted by atomic mass is 9.65. The largest absolute Gasteiger partial charge is 0.392 e. The lowest BCUT2D eigenvalue weighted by Gasteiger charge is -2.51. The highest BCUT2D eigenvalue weighted by atomic mass is 32.1. The minimum atomic E-state index is -0.978. The number of aromatic nitrogens is 3. The number of aliphatic hydroxyl groups is 1. The number of piperidine rings is 2. The summed E-state index contributed by atoms with van der Waals surface area (Å²) in [7, 11) is 1.71. The molecule has 17 nitrogen and oxygen atoms in total. The van der Waals surface area contributed by atoms with Crippen molar-refractivity contribution in [1.29, 1.82) is 0 Å². The number of imide groups is 2. The van der Waals surface area contributed by atoms with E-state index in [-0.39, 0.29) is 30.9 Å². The summed E-state index contributed by atoms with van der Waals surface area (Å²) in [6, 6.07) is 12.9. The molecule has 12 rings (SSSR count). The molecule has 1 saturated carbocycles. The van der Waals surface area contributed by atoms with E-state index in [1.165, 1.54) is 46.3 Å². The predicted molar refractivity (Wildman–Crippen MR) is 282 cm³/mol. The summed E-state index contributed by atoms with van der Waals surface area (Å²) >= 11 is 1.63. The molecule has 3 saturated heterocycles. The molecule has 2 aliphatic carbocycles. The van der Waals surface area contributed by atoms with Gasteiger partial charge < -0.3 is 24.8 Å². The number of aliphatic hydroxyl groups excluding tert-OH is 1. The van der Waals surface area contributed by atoms with Crippen molar-refractivity contribution < 1.29 is 29.1 Å². The van der Waals surface area contributed by atoms with Crippen molar-refractivity contribution >= 4 is 69.6 Å². The lowest BCUT2D eigenvalue weighted by Crippen LogP contribution is -2.54. The minimum absolute atomic E-state index is 0.0609. The summed E-state index contributed by atoms with van der Waals surface area (Å²) in [4.78, 5) is 100. The Labute approximate surface area is 433 Å². The molecule has 384 valence electrons. The van der Waals surface area contributed by atoms with Crippen molar-refractivity contribution in [2.24, 2.45) is 12.5 Å². The average molecular weight is 1020 g/mol. The number of carbonyl (C=O) groups excluding carboxylic acids is 5. The lowest BCUT2D eigenvalue weighted by molar-refractivity contribution is -0.136. The molecule has 1 unspecified atom stereocenters. The topological polar surface area (TPSA) is 194 Å². The Morgan fingerprint density at radius 3 is 2.32 bits per heavy atom. The van der Waals surface area contributed by atoms with Crippen LogP contribution in [0.25, 0.3) is 11.1 Å². The number of fused-ring (bicyclic) bond motifs is 4. The van der Waals surface area contributed by atoms with Gasteiger partial charge in [0.25, 0.3) is 23.3 Å². The van der Waals surface area contributed by atoms with Crippen LogP contribution in [0.1, 0.15) is 123 Å². The molecule has 0 radical (unpaired) electrons. The van der Waals surface area contributed by atoms with Crippen molar-refractivity contribution in [2.75, 3.05) is 59.3 Å². The van der Waals surface area contributed by atoms with Crippen LogP contribution < -0.4 is 30.9 Å². The highest BCUT2D eigenvalue weighted by Crippen LogP contribution is 2.48. The van der Waals surface area contributed by atoms with Gasteiger partial charge in [-0.1, -0.05) is 0 Å². The van der Waals surface area contributed by atoms with Gasteiger partial charge in [-0.05, 0) is 149 Å². The molecule has 7 aliphatic rings. The van der Waals surface area contributed by atoms with Crippen LogP contribution in [0.2, 0.25) is 0 Å². The first-order chi connectivity index (χ1) is 35.9. The molecule has 5 amide bonds. The fraction of sp³-hybridized carbons (Fsp3) is 0.464. The Morgan fingerprint density at radius 1 is 0.784 bits per heavy atom. The van der Waals surface area contributed by atoms with Gasteiger partial charge >= 0.3 is 0 Å². The summed E-state index contributed by atoms with van der Waals surface area (Å²) in [6.45, 7) is 6.91. The van der Waals surface area contributed by atoms with Gasteiger partial charge in [0, 0.05) is 98.9 Å². The maximum atomic E-state index is 14.0. The molecule has 1 aromatic carbocycles. The summed E-state index contributed by atoms with van der Waals surface area (Å²) in [6.07, 6.45) is 17.7. The SMILES string of the molecule is C[C@H]1CC2(CCC(N3CCN(c4ccc5c(c4)C(=O)N(C4CCC(=O)NC4=O)C5=O)CC3)CC2)CCN1c1ccc(Nc2cc(-c3ccnc(N4CCc5c(sc6c5CCCC6)C4=O)c3CO)cn(C)c2=O)nc1. The van der Waals surface area contributed by atoms with E-state index in [1.54, 1.807) is 53.9 Å². The van der Waals surface area contributed by atoms with Crippen LogP contribution in [0.5, 0.6) is 0 Å². The molecule has 18 heteroatoms. The summed E-state index contributed by atoms with van der Waals surface area (Å²) in [5, 5.41) is 16.4. The van der Waals surface area contributed by atoms with Crippen LogP contribution in [0.15, 0.2) is 65.8 Å². The molecule has 5 aliphatic heterocycles. The number of aryl methyl sites for hydroxylation is 2. The highest BCUT2D eigenvalue weighted by molar-refractivity contribution is 7.14. The van der Waals surface area contributed by atoms with E-state index in [2.05, 4.69) is 43.3 Å². The van der Waals surface area contributed by atoms with E-state index < -0.39 is 29.7 Å². The van der Waals surface area contributed by atoms with Gasteiger partial charge in [0.1, 0.15) is 23.4 Å². The maximum Gasteiger partial charge on any atom is 0.274 e. The number of carbonyl (C=O) groups is 5. The summed E-state index contributed by atoms with van der Waals surface area (Å²) < 4.78 is 1.52. The van der Waals surface area contributed by atoms with Gasteiger partial charge in [0.2, 0.25) is 11.8 Å². The first-order valence-electron chi connectivity index (χ1n) is 26.5. The van der Waals surface area contributed by atoms with Gasteiger partial charge in [-0.2, -0.15) is 0 Å². The normalized spacial score (nSPS) is 24.3.